The fraction of sp³-hybridized carbons (Fsp3) is 0.611. The molecule has 1 saturated heterocycles. The highest BCUT2D eigenvalue weighted by atomic mass is 19.3. The maximum Gasteiger partial charge on any atom is 0.400 e. The number of halogens is 7. The summed E-state index contributed by atoms with van der Waals surface area (Å²) in [5.74, 6) is -3.91. The maximum absolute atomic E-state index is 15.3. The molecule has 0 amide bonds. The summed E-state index contributed by atoms with van der Waals surface area (Å²) < 4.78 is 115. The molecule has 2 aromatic carbocycles. The lowest BCUT2D eigenvalue weighted by Gasteiger charge is -2.38. The Labute approximate surface area is 266 Å². The Kier molecular flexibility index (Phi) is 11.7. The predicted molar refractivity (Wildman–Crippen MR) is 161 cm³/mol. The van der Waals surface area contributed by atoms with E-state index in [9.17, 15) is 26.3 Å². The Bertz CT molecular complexity index is 1300. The maximum atomic E-state index is 15.3. The van der Waals surface area contributed by atoms with Crippen LogP contribution in [0.3, 0.4) is 0 Å². The molecule has 0 bridgehead atoms. The molecule has 1 heterocycles. The molecule has 0 aromatic heterocycles. The van der Waals surface area contributed by atoms with Crippen molar-refractivity contribution < 1.29 is 44.9 Å². The first-order chi connectivity index (χ1) is 22.0. The van der Waals surface area contributed by atoms with Gasteiger partial charge in [0.1, 0.15) is 23.2 Å². The van der Waals surface area contributed by atoms with E-state index in [1.807, 2.05) is 0 Å². The first-order valence-electron chi connectivity index (χ1n) is 16.6. The SMILES string of the molecule is CCCCCC1CCC(C2COC(c3ccc(C4CCC(C(F)(F)Oc5cc(F)c(C=C(F)F)c(F)c5)CC4)c(F)c3)OC2)CC1. The van der Waals surface area contributed by atoms with Crippen LogP contribution in [0.25, 0.3) is 6.08 Å². The molecule has 0 unspecified atom stereocenters. The van der Waals surface area contributed by atoms with Crippen molar-refractivity contribution in [3.63, 3.8) is 0 Å². The zero-order chi connectivity index (χ0) is 32.8. The Balaban J connectivity index is 1.10. The van der Waals surface area contributed by atoms with Gasteiger partial charge in [0, 0.05) is 29.7 Å². The second-order valence-electron chi connectivity index (χ2n) is 13.3. The predicted octanol–water partition coefficient (Wildman–Crippen LogP) is 11.3. The minimum absolute atomic E-state index is 0.00536. The highest BCUT2D eigenvalue weighted by Crippen LogP contribution is 2.45. The summed E-state index contributed by atoms with van der Waals surface area (Å²) in [5, 5.41) is 0. The fourth-order valence-corrected chi connectivity index (χ4v) is 7.48. The van der Waals surface area contributed by atoms with Crippen molar-refractivity contribution in [2.45, 2.75) is 102 Å². The molecule has 5 rings (SSSR count). The number of hydrogen-bond donors (Lipinski definition) is 0. The molecular weight excluding hydrogens is 613 g/mol. The molecule has 0 radical (unpaired) electrons. The summed E-state index contributed by atoms with van der Waals surface area (Å²) in [6, 6.07) is 5.75. The van der Waals surface area contributed by atoms with Crippen LogP contribution >= 0.6 is 0 Å². The summed E-state index contributed by atoms with van der Waals surface area (Å²) >= 11 is 0. The number of rotatable bonds is 11. The number of unbranched alkanes of at least 4 members (excludes halogenated alkanes) is 2. The van der Waals surface area contributed by atoms with Crippen LogP contribution in [-0.2, 0) is 9.47 Å². The van der Waals surface area contributed by atoms with Gasteiger partial charge in [-0.25, -0.2) is 13.2 Å². The van der Waals surface area contributed by atoms with Crippen molar-refractivity contribution in [3.8, 4) is 5.75 Å². The lowest BCUT2D eigenvalue weighted by molar-refractivity contribution is -0.222. The first-order valence-corrected chi connectivity index (χ1v) is 16.6. The zero-order valence-corrected chi connectivity index (χ0v) is 26.2. The van der Waals surface area contributed by atoms with E-state index < -0.39 is 53.2 Å². The first kappa shape index (κ1) is 34.7. The van der Waals surface area contributed by atoms with Gasteiger partial charge >= 0.3 is 6.11 Å². The molecule has 46 heavy (non-hydrogen) atoms. The minimum Gasteiger partial charge on any atom is -0.432 e. The zero-order valence-electron chi connectivity index (χ0n) is 26.2. The Morgan fingerprint density at radius 1 is 0.826 bits per heavy atom. The third-order valence-electron chi connectivity index (χ3n) is 10.2. The number of ether oxygens (including phenoxy) is 3. The smallest absolute Gasteiger partial charge is 0.400 e. The van der Waals surface area contributed by atoms with Crippen LogP contribution in [0.15, 0.2) is 36.4 Å². The van der Waals surface area contributed by atoms with E-state index in [0.29, 0.717) is 48.3 Å². The number of hydrogen-bond acceptors (Lipinski definition) is 3. The largest absolute Gasteiger partial charge is 0.432 e. The highest BCUT2D eigenvalue weighted by molar-refractivity contribution is 5.53. The van der Waals surface area contributed by atoms with Gasteiger partial charge in [-0.1, -0.05) is 57.6 Å². The monoisotopic (exact) mass is 656 g/mol. The molecule has 3 aliphatic rings. The van der Waals surface area contributed by atoms with Crippen LogP contribution in [-0.4, -0.2) is 19.3 Å². The molecule has 1 aliphatic heterocycles. The van der Waals surface area contributed by atoms with E-state index in [0.717, 1.165) is 5.92 Å². The molecule has 0 atom stereocenters. The van der Waals surface area contributed by atoms with Crippen molar-refractivity contribution in [1.29, 1.82) is 0 Å². The molecule has 0 N–H and O–H groups in total. The lowest BCUT2D eigenvalue weighted by atomic mass is 9.74. The van der Waals surface area contributed by atoms with Gasteiger partial charge < -0.3 is 14.2 Å². The van der Waals surface area contributed by atoms with Gasteiger partial charge in [0.2, 0.25) is 0 Å². The van der Waals surface area contributed by atoms with E-state index in [4.69, 9.17) is 9.47 Å². The Morgan fingerprint density at radius 3 is 2.07 bits per heavy atom. The molecule has 2 aromatic rings. The van der Waals surface area contributed by atoms with Crippen LogP contribution in [0, 0.1) is 41.1 Å². The van der Waals surface area contributed by atoms with Gasteiger partial charge in [-0.05, 0) is 67.9 Å². The Hall–Kier alpha value is -2.59. The summed E-state index contributed by atoms with van der Waals surface area (Å²) in [4.78, 5) is 0. The molecule has 0 spiro atoms. The van der Waals surface area contributed by atoms with Crippen molar-refractivity contribution in [2.24, 2.45) is 23.7 Å². The molecule has 254 valence electrons. The number of benzene rings is 2. The highest BCUT2D eigenvalue weighted by Gasteiger charge is 2.44. The second kappa shape index (κ2) is 15.5. The molecule has 2 saturated carbocycles. The standard InChI is InChI=1S/C36H43F7O3/c1-2-3-4-5-22-6-8-23(9-7-22)26-20-44-35(45-21-26)25-12-15-29(31(37)16-25)24-10-13-27(14-11-24)36(42,43)46-28-17-32(38)30(19-34(40)41)33(39)18-28/h12,15-19,22-24,26-27,35H,2-11,13-14,20-21H2,1H3. The topological polar surface area (TPSA) is 27.7 Å². The van der Waals surface area contributed by atoms with E-state index in [1.165, 1.54) is 57.4 Å². The van der Waals surface area contributed by atoms with Crippen molar-refractivity contribution in [2.75, 3.05) is 13.2 Å². The molecule has 3 nitrogen and oxygen atoms in total. The summed E-state index contributed by atoms with van der Waals surface area (Å²) in [6.45, 7) is 3.39. The van der Waals surface area contributed by atoms with Crippen molar-refractivity contribution in [3.05, 3.63) is 70.6 Å². The summed E-state index contributed by atoms with van der Waals surface area (Å²) in [6.07, 6.45) is 3.91. The number of alkyl halides is 2. The van der Waals surface area contributed by atoms with Gasteiger partial charge in [0.25, 0.3) is 6.08 Å². The fourth-order valence-electron chi connectivity index (χ4n) is 7.48. The van der Waals surface area contributed by atoms with Crippen LogP contribution in [0.2, 0.25) is 0 Å². The third kappa shape index (κ3) is 8.65. The van der Waals surface area contributed by atoms with Crippen LogP contribution in [0.4, 0.5) is 30.7 Å². The quantitative estimate of drug-likeness (QED) is 0.178. The molecule has 3 fully saturated rings. The van der Waals surface area contributed by atoms with Crippen LogP contribution in [0.5, 0.6) is 5.75 Å². The van der Waals surface area contributed by atoms with E-state index >= 15 is 4.39 Å². The van der Waals surface area contributed by atoms with Gasteiger partial charge in [0.05, 0.1) is 24.7 Å². The summed E-state index contributed by atoms with van der Waals surface area (Å²) in [7, 11) is 0. The van der Waals surface area contributed by atoms with Gasteiger partial charge in [-0.2, -0.15) is 17.6 Å². The van der Waals surface area contributed by atoms with Gasteiger partial charge in [-0.15, -0.1) is 0 Å². The van der Waals surface area contributed by atoms with E-state index in [1.54, 1.807) is 12.1 Å². The molecular formula is C36H43F7O3. The van der Waals surface area contributed by atoms with Gasteiger partial charge in [0.15, 0.2) is 6.29 Å². The summed E-state index contributed by atoms with van der Waals surface area (Å²) in [5.41, 5.74) is -0.0209. The third-order valence-corrected chi connectivity index (χ3v) is 10.2. The van der Waals surface area contributed by atoms with Crippen molar-refractivity contribution in [1.82, 2.24) is 0 Å². The molecule has 2 aliphatic carbocycles. The minimum atomic E-state index is -3.77. The average molecular weight is 657 g/mol. The molecule has 10 heteroatoms. The van der Waals surface area contributed by atoms with Crippen molar-refractivity contribution >= 4 is 6.08 Å². The van der Waals surface area contributed by atoms with Crippen LogP contribution in [0.1, 0.15) is 113 Å². The van der Waals surface area contributed by atoms with Gasteiger partial charge in [-0.3, -0.25) is 0 Å². The second-order valence-corrected chi connectivity index (χ2v) is 13.3. The lowest BCUT2D eigenvalue weighted by Crippen LogP contribution is -2.37. The van der Waals surface area contributed by atoms with E-state index in [2.05, 4.69) is 11.7 Å². The Morgan fingerprint density at radius 2 is 1.48 bits per heavy atom. The van der Waals surface area contributed by atoms with Crippen LogP contribution < -0.4 is 4.74 Å². The average Bonchev–Trinajstić information content (AvgIpc) is 3.03. The normalized spacial score (nSPS) is 27.3. The van der Waals surface area contributed by atoms with E-state index in [-0.39, 0.29) is 37.7 Å².